The van der Waals surface area contributed by atoms with Crippen molar-refractivity contribution in [2.45, 2.75) is 38.5 Å². The number of urea groups is 1. The van der Waals surface area contributed by atoms with Crippen LogP contribution < -0.4 is 10.6 Å². The van der Waals surface area contributed by atoms with Crippen LogP contribution in [0.4, 0.5) is 4.79 Å². The molecule has 2 heterocycles. The number of hydrogen-bond acceptors (Lipinski definition) is 4. The Morgan fingerprint density at radius 3 is 3.05 bits per heavy atom. The molecule has 2 amide bonds. The van der Waals surface area contributed by atoms with Crippen molar-refractivity contribution in [3.63, 3.8) is 0 Å². The number of carbonyl (C=O) groups is 1. The monoisotopic (exact) mass is 306 g/mol. The zero-order chi connectivity index (χ0) is 15.8. The maximum Gasteiger partial charge on any atom is 0.314 e. The minimum Gasteiger partial charge on any atom is -0.467 e. The summed E-state index contributed by atoms with van der Waals surface area (Å²) in [6.45, 7) is 3.18. The van der Waals surface area contributed by atoms with Crippen LogP contribution in [0.25, 0.3) is 0 Å². The van der Waals surface area contributed by atoms with Crippen molar-refractivity contribution in [1.82, 2.24) is 20.4 Å². The highest BCUT2D eigenvalue weighted by atomic mass is 16.4. The van der Waals surface area contributed by atoms with Crippen LogP contribution in [0.3, 0.4) is 0 Å². The molecule has 7 nitrogen and oxygen atoms in total. The Balaban J connectivity index is 1.59. The molecule has 0 radical (unpaired) electrons. The van der Waals surface area contributed by atoms with Gasteiger partial charge >= 0.3 is 6.03 Å². The van der Waals surface area contributed by atoms with Crippen molar-refractivity contribution in [1.29, 1.82) is 0 Å². The minimum absolute atomic E-state index is 0.161. The Kier molecular flexibility index (Phi) is 6.02. The third-order valence-corrected chi connectivity index (χ3v) is 3.23. The molecule has 2 aromatic rings. The van der Waals surface area contributed by atoms with Gasteiger partial charge in [-0.1, -0.05) is 0 Å². The van der Waals surface area contributed by atoms with Gasteiger partial charge in [0.15, 0.2) is 0 Å². The molecular weight excluding hydrogens is 284 g/mol. The maximum absolute atomic E-state index is 11.7. The average molecular weight is 306 g/mol. The fourth-order valence-electron chi connectivity index (χ4n) is 2.14. The lowest BCUT2D eigenvalue weighted by atomic mass is 10.1. The van der Waals surface area contributed by atoms with Crippen molar-refractivity contribution in [2.75, 3.05) is 6.54 Å². The number of nitrogens with one attached hydrogen (secondary N) is 2. The molecule has 0 fully saturated rings. The van der Waals surface area contributed by atoms with Gasteiger partial charge in [0, 0.05) is 37.9 Å². The predicted molar refractivity (Wildman–Crippen MR) is 81.1 cm³/mol. The Bertz CT molecular complexity index is 539. The van der Waals surface area contributed by atoms with Crippen LogP contribution >= 0.6 is 0 Å². The number of rotatable bonds is 8. The van der Waals surface area contributed by atoms with Crippen molar-refractivity contribution < 1.29 is 14.3 Å². The first-order valence-corrected chi connectivity index (χ1v) is 7.38. The Morgan fingerprint density at radius 2 is 2.36 bits per heavy atom. The van der Waals surface area contributed by atoms with Crippen molar-refractivity contribution in [3.05, 3.63) is 42.6 Å². The van der Waals surface area contributed by atoms with Gasteiger partial charge in [0.1, 0.15) is 11.9 Å². The van der Waals surface area contributed by atoms with Gasteiger partial charge in [-0.3, -0.25) is 4.68 Å². The van der Waals surface area contributed by atoms with Crippen LogP contribution in [0, 0.1) is 0 Å². The smallest absolute Gasteiger partial charge is 0.314 e. The molecule has 22 heavy (non-hydrogen) atoms. The summed E-state index contributed by atoms with van der Waals surface area (Å²) in [5.74, 6) is 0.508. The molecule has 0 saturated carbocycles. The third kappa shape index (κ3) is 5.25. The Hall–Kier alpha value is -2.28. The van der Waals surface area contributed by atoms with E-state index in [0.717, 1.165) is 13.0 Å². The highest BCUT2D eigenvalue weighted by molar-refractivity contribution is 5.74. The van der Waals surface area contributed by atoms with Crippen molar-refractivity contribution >= 4 is 6.03 Å². The van der Waals surface area contributed by atoms with E-state index in [-0.39, 0.29) is 12.1 Å². The number of amides is 2. The number of hydrogen-bond donors (Lipinski definition) is 3. The lowest BCUT2D eigenvalue weighted by Crippen LogP contribution is -2.41. The first kappa shape index (κ1) is 16.1. The zero-order valence-electron chi connectivity index (χ0n) is 12.6. The van der Waals surface area contributed by atoms with Gasteiger partial charge in [-0.05, 0) is 31.5 Å². The van der Waals surface area contributed by atoms with Gasteiger partial charge in [-0.15, -0.1) is 0 Å². The van der Waals surface area contributed by atoms with E-state index in [1.54, 1.807) is 18.3 Å². The molecule has 0 aromatic carbocycles. The summed E-state index contributed by atoms with van der Waals surface area (Å²) >= 11 is 0. The van der Waals surface area contributed by atoms with Crippen LogP contribution in [-0.4, -0.2) is 33.5 Å². The second-order valence-corrected chi connectivity index (χ2v) is 5.19. The van der Waals surface area contributed by atoms with E-state index in [4.69, 9.17) is 4.42 Å². The van der Waals surface area contributed by atoms with Crippen LogP contribution in [0.5, 0.6) is 0 Å². The van der Waals surface area contributed by atoms with Gasteiger partial charge < -0.3 is 20.2 Å². The second-order valence-electron chi connectivity index (χ2n) is 5.19. The Morgan fingerprint density at radius 1 is 1.50 bits per heavy atom. The summed E-state index contributed by atoms with van der Waals surface area (Å²) in [4.78, 5) is 11.7. The molecule has 120 valence electrons. The molecule has 2 atom stereocenters. The molecular formula is C15H22N4O3. The molecule has 2 unspecified atom stereocenters. The molecule has 0 bridgehead atoms. The molecule has 0 spiro atoms. The highest BCUT2D eigenvalue weighted by Gasteiger charge is 2.16. The van der Waals surface area contributed by atoms with Crippen LogP contribution in [-0.2, 0) is 6.54 Å². The number of aryl methyl sites for hydroxylation is 1. The number of furan rings is 1. The van der Waals surface area contributed by atoms with Crippen molar-refractivity contribution in [3.8, 4) is 0 Å². The van der Waals surface area contributed by atoms with Gasteiger partial charge in [-0.2, -0.15) is 5.10 Å². The summed E-state index contributed by atoms with van der Waals surface area (Å²) < 4.78 is 6.95. The second kappa shape index (κ2) is 8.23. The molecule has 7 heteroatoms. The number of aliphatic hydroxyl groups is 1. The van der Waals surface area contributed by atoms with E-state index in [0.29, 0.717) is 18.7 Å². The lowest BCUT2D eigenvalue weighted by Gasteiger charge is -2.17. The molecule has 0 aliphatic heterocycles. The molecule has 3 N–H and O–H groups in total. The fourth-order valence-corrected chi connectivity index (χ4v) is 2.14. The SMILES string of the molecule is CC(CC(O)c1ccco1)NC(=O)NCCCn1cccn1. The molecule has 2 aromatic heterocycles. The lowest BCUT2D eigenvalue weighted by molar-refractivity contribution is 0.129. The van der Waals surface area contributed by atoms with E-state index in [9.17, 15) is 9.90 Å². The van der Waals surface area contributed by atoms with E-state index >= 15 is 0 Å². The Labute approximate surface area is 129 Å². The van der Waals surface area contributed by atoms with Gasteiger partial charge in [0.2, 0.25) is 0 Å². The molecule has 0 saturated heterocycles. The van der Waals surface area contributed by atoms with Crippen molar-refractivity contribution in [2.24, 2.45) is 0 Å². The van der Waals surface area contributed by atoms with Crippen LogP contribution in [0.2, 0.25) is 0 Å². The van der Waals surface area contributed by atoms with E-state index in [1.807, 2.05) is 23.9 Å². The highest BCUT2D eigenvalue weighted by Crippen LogP contribution is 2.18. The minimum atomic E-state index is -0.717. The van der Waals surface area contributed by atoms with Gasteiger partial charge in [0.25, 0.3) is 0 Å². The van der Waals surface area contributed by atoms with E-state index < -0.39 is 6.10 Å². The maximum atomic E-state index is 11.7. The largest absolute Gasteiger partial charge is 0.467 e. The summed E-state index contributed by atoms with van der Waals surface area (Å²) in [6.07, 6.45) is 5.62. The fraction of sp³-hybridized carbons (Fsp3) is 0.467. The topological polar surface area (TPSA) is 92.3 Å². The van der Waals surface area contributed by atoms with Gasteiger partial charge in [0.05, 0.1) is 6.26 Å². The van der Waals surface area contributed by atoms with Crippen LogP contribution in [0.15, 0.2) is 41.3 Å². The number of nitrogens with zero attached hydrogens (tertiary/aromatic N) is 2. The zero-order valence-corrected chi connectivity index (χ0v) is 12.6. The van der Waals surface area contributed by atoms with E-state index in [1.165, 1.54) is 6.26 Å². The summed E-state index contributed by atoms with van der Waals surface area (Å²) in [6, 6.07) is 4.91. The van der Waals surface area contributed by atoms with Gasteiger partial charge in [-0.25, -0.2) is 4.79 Å². The predicted octanol–water partition coefficient (Wildman–Crippen LogP) is 1.68. The average Bonchev–Trinajstić information content (AvgIpc) is 3.16. The first-order chi connectivity index (χ1) is 10.6. The first-order valence-electron chi connectivity index (χ1n) is 7.38. The summed E-state index contributed by atoms with van der Waals surface area (Å²) in [5.41, 5.74) is 0. The van der Waals surface area contributed by atoms with Crippen LogP contribution in [0.1, 0.15) is 31.6 Å². The molecule has 0 aliphatic rings. The number of aromatic nitrogens is 2. The number of carbonyl (C=O) groups excluding carboxylic acids is 1. The normalized spacial score (nSPS) is 13.5. The summed E-state index contributed by atoms with van der Waals surface area (Å²) in [7, 11) is 0. The number of aliphatic hydroxyl groups excluding tert-OH is 1. The standard InChI is InChI=1S/C15H22N4O3/c1-12(11-13(20)14-5-2-10-22-14)18-15(21)16-6-3-8-19-9-4-7-17-19/h2,4-5,7,9-10,12-13,20H,3,6,8,11H2,1H3,(H2,16,18,21). The quantitative estimate of drug-likeness (QED) is 0.647. The van der Waals surface area contributed by atoms with E-state index in [2.05, 4.69) is 15.7 Å². The molecule has 0 aliphatic carbocycles. The third-order valence-electron chi connectivity index (χ3n) is 3.23. The summed E-state index contributed by atoms with van der Waals surface area (Å²) in [5, 5.41) is 19.6. The molecule has 2 rings (SSSR count).